The lowest BCUT2D eigenvalue weighted by atomic mass is 10.1. The van der Waals surface area contributed by atoms with Crippen molar-refractivity contribution in [2.75, 3.05) is 18.2 Å². The number of nitrogens with one attached hydrogen (secondary N) is 1. The third-order valence-corrected chi connectivity index (χ3v) is 5.46. The molecule has 24 heavy (non-hydrogen) atoms. The third kappa shape index (κ3) is 4.49. The van der Waals surface area contributed by atoms with Gasteiger partial charge >= 0.3 is 0 Å². The molecule has 0 spiro atoms. The molecule has 0 radical (unpaired) electrons. The number of carbonyl (C=O) groups excluding carboxylic acids is 1. The lowest BCUT2D eigenvalue weighted by molar-refractivity contribution is -0.115. The molecular weight excluding hydrogens is 350 g/mol. The Morgan fingerprint density at radius 3 is 2.42 bits per heavy atom. The molecule has 0 aliphatic heterocycles. The van der Waals surface area contributed by atoms with Gasteiger partial charge in [0, 0.05) is 16.3 Å². The largest absolute Gasteiger partial charge is 0.496 e. The first-order valence-electron chi connectivity index (χ1n) is 7.31. The van der Waals surface area contributed by atoms with Crippen LogP contribution in [0.4, 0.5) is 5.69 Å². The Balaban J connectivity index is 2.09. The number of halogens is 1. The van der Waals surface area contributed by atoms with Crippen LogP contribution in [-0.4, -0.2) is 27.2 Å². The summed E-state index contributed by atoms with van der Waals surface area (Å²) in [5.74, 6) is 0.369. The van der Waals surface area contributed by atoms with Gasteiger partial charge in [-0.2, -0.15) is 0 Å². The normalized spacial score (nSPS) is 11.1. The minimum Gasteiger partial charge on any atom is -0.496 e. The van der Waals surface area contributed by atoms with E-state index in [1.54, 1.807) is 37.3 Å². The van der Waals surface area contributed by atoms with E-state index in [0.29, 0.717) is 22.0 Å². The molecule has 0 saturated heterocycles. The van der Waals surface area contributed by atoms with E-state index in [1.807, 2.05) is 0 Å². The number of anilines is 1. The Labute approximate surface area is 146 Å². The number of sulfone groups is 1. The molecule has 128 valence electrons. The second kappa shape index (κ2) is 7.68. The van der Waals surface area contributed by atoms with Crippen LogP contribution in [0.2, 0.25) is 5.02 Å². The van der Waals surface area contributed by atoms with Gasteiger partial charge in [-0.05, 0) is 42.5 Å². The molecule has 0 atom stereocenters. The molecule has 0 unspecified atom stereocenters. The molecule has 7 heteroatoms. The summed E-state index contributed by atoms with van der Waals surface area (Å²) in [6.07, 6.45) is 0.0960. The zero-order chi connectivity index (χ0) is 17.7. The van der Waals surface area contributed by atoms with Gasteiger partial charge in [-0.1, -0.05) is 18.5 Å². The number of carbonyl (C=O) groups is 1. The second-order valence-electron chi connectivity index (χ2n) is 5.11. The first-order valence-corrected chi connectivity index (χ1v) is 9.34. The minimum absolute atomic E-state index is 0.0350. The summed E-state index contributed by atoms with van der Waals surface area (Å²) in [6.45, 7) is 1.59. The predicted octanol–water partition coefficient (Wildman–Crippen LogP) is 3.32. The molecule has 2 aromatic carbocycles. The monoisotopic (exact) mass is 367 g/mol. The fourth-order valence-corrected chi connectivity index (χ4v) is 3.25. The van der Waals surface area contributed by atoms with Crippen molar-refractivity contribution in [1.82, 2.24) is 0 Å². The maximum absolute atomic E-state index is 12.2. The van der Waals surface area contributed by atoms with Crippen molar-refractivity contribution < 1.29 is 17.9 Å². The van der Waals surface area contributed by atoms with E-state index in [2.05, 4.69) is 5.32 Å². The van der Waals surface area contributed by atoms with Crippen LogP contribution in [0.15, 0.2) is 47.4 Å². The predicted molar refractivity (Wildman–Crippen MR) is 94.5 cm³/mol. The Hall–Kier alpha value is -2.05. The number of methoxy groups -OCH3 is 1. The Bertz CT molecular complexity index is 832. The number of rotatable bonds is 6. The molecule has 0 saturated carbocycles. The number of amides is 1. The molecule has 0 bridgehead atoms. The molecule has 2 aromatic rings. The van der Waals surface area contributed by atoms with Crippen molar-refractivity contribution in [3.63, 3.8) is 0 Å². The Morgan fingerprint density at radius 2 is 1.83 bits per heavy atom. The van der Waals surface area contributed by atoms with Crippen molar-refractivity contribution in [3.05, 3.63) is 53.1 Å². The third-order valence-electron chi connectivity index (χ3n) is 3.47. The fraction of sp³-hybridized carbons (Fsp3) is 0.235. The van der Waals surface area contributed by atoms with E-state index in [9.17, 15) is 13.2 Å². The number of benzene rings is 2. The summed E-state index contributed by atoms with van der Waals surface area (Å²) in [4.78, 5) is 12.4. The van der Waals surface area contributed by atoms with E-state index in [0.717, 1.165) is 0 Å². The van der Waals surface area contributed by atoms with Crippen LogP contribution in [0.5, 0.6) is 5.75 Å². The van der Waals surface area contributed by atoms with Crippen LogP contribution < -0.4 is 10.1 Å². The molecule has 0 aromatic heterocycles. The van der Waals surface area contributed by atoms with Crippen molar-refractivity contribution in [3.8, 4) is 5.75 Å². The molecule has 0 aliphatic rings. The van der Waals surface area contributed by atoms with Crippen LogP contribution in [0.25, 0.3) is 0 Å². The maximum atomic E-state index is 12.2. The standard InChI is InChI=1S/C17H18ClNO4S/c1-3-24(21,22)15-7-5-14(6-8-15)19-17(20)11-12-10-13(18)4-9-16(12)23-2/h4-10H,3,11H2,1-2H3,(H,19,20). The summed E-state index contributed by atoms with van der Waals surface area (Å²) in [5, 5.41) is 3.25. The van der Waals surface area contributed by atoms with Gasteiger partial charge < -0.3 is 10.1 Å². The van der Waals surface area contributed by atoms with E-state index < -0.39 is 9.84 Å². The van der Waals surface area contributed by atoms with Gasteiger partial charge in [-0.15, -0.1) is 0 Å². The molecular formula is C17H18ClNO4S. The van der Waals surface area contributed by atoms with E-state index in [-0.39, 0.29) is 23.0 Å². The highest BCUT2D eigenvalue weighted by Gasteiger charge is 2.13. The molecule has 0 fully saturated rings. The number of hydrogen-bond donors (Lipinski definition) is 1. The Kier molecular flexibility index (Phi) is 5.85. The molecule has 5 nitrogen and oxygen atoms in total. The van der Waals surface area contributed by atoms with Gasteiger partial charge in [0.2, 0.25) is 5.91 Å². The van der Waals surface area contributed by atoms with Gasteiger partial charge in [0.15, 0.2) is 9.84 Å². The summed E-state index contributed by atoms with van der Waals surface area (Å²) >= 11 is 5.95. The maximum Gasteiger partial charge on any atom is 0.228 e. The van der Waals surface area contributed by atoms with Crippen LogP contribution >= 0.6 is 11.6 Å². The summed E-state index contributed by atoms with van der Waals surface area (Å²) < 4.78 is 28.7. The van der Waals surface area contributed by atoms with E-state index in [1.165, 1.54) is 19.2 Å². The second-order valence-corrected chi connectivity index (χ2v) is 7.82. The van der Waals surface area contributed by atoms with Crippen molar-refractivity contribution in [1.29, 1.82) is 0 Å². The first-order chi connectivity index (χ1) is 11.4. The molecule has 0 aliphatic carbocycles. The Morgan fingerprint density at radius 1 is 1.17 bits per heavy atom. The summed E-state index contributed by atoms with van der Waals surface area (Å²) in [6, 6.07) is 11.2. The lowest BCUT2D eigenvalue weighted by Gasteiger charge is -2.10. The lowest BCUT2D eigenvalue weighted by Crippen LogP contribution is -2.15. The smallest absolute Gasteiger partial charge is 0.228 e. The molecule has 1 amide bonds. The zero-order valence-corrected chi connectivity index (χ0v) is 14.9. The van der Waals surface area contributed by atoms with Crippen LogP contribution in [0, 0.1) is 0 Å². The highest BCUT2D eigenvalue weighted by molar-refractivity contribution is 7.91. The molecule has 0 heterocycles. The fourth-order valence-electron chi connectivity index (χ4n) is 2.18. The topological polar surface area (TPSA) is 72.5 Å². The quantitative estimate of drug-likeness (QED) is 0.850. The first kappa shape index (κ1) is 18.3. The number of hydrogen-bond acceptors (Lipinski definition) is 4. The van der Waals surface area contributed by atoms with Crippen molar-refractivity contribution >= 4 is 33.0 Å². The minimum atomic E-state index is -3.25. The van der Waals surface area contributed by atoms with Crippen molar-refractivity contribution in [2.45, 2.75) is 18.2 Å². The SMILES string of the molecule is CCS(=O)(=O)c1ccc(NC(=O)Cc2cc(Cl)ccc2OC)cc1. The van der Waals surface area contributed by atoms with E-state index >= 15 is 0 Å². The van der Waals surface area contributed by atoms with Crippen LogP contribution in [-0.2, 0) is 21.1 Å². The van der Waals surface area contributed by atoms with Gasteiger partial charge in [-0.3, -0.25) is 4.79 Å². The summed E-state index contributed by atoms with van der Waals surface area (Å²) in [7, 11) is -1.72. The van der Waals surface area contributed by atoms with Crippen LogP contribution in [0.3, 0.4) is 0 Å². The van der Waals surface area contributed by atoms with Crippen LogP contribution in [0.1, 0.15) is 12.5 Å². The molecule has 2 rings (SSSR count). The van der Waals surface area contributed by atoms with Gasteiger partial charge in [0.25, 0.3) is 0 Å². The van der Waals surface area contributed by atoms with Crippen molar-refractivity contribution in [2.24, 2.45) is 0 Å². The highest BCUT2D eigenvalue weighted by Crippen LogP contribution is 2.23. The number of ether oxygens (including phenoxy) is 1. The average molecular weight is 368 g/mol. The zero-order valence-electron chi connectivity index (χ0n) is 13.4. The average Bonchev–Trinajstić information content (AvgIpc) is 2.55. The van der Waals surface area contributed by atoms with Gasteiger partial charge in [-0.25, -0.2) is 8.42 Å². The summed E-state index contributed by atoms with van der Waals surface area (Å²) in [5.41, 5.74) is 1.20. The molecule has 1 N–H and O–H groups in total. The van der Waals surface area contributed by atoms with E-state index in [4.69, 9.17) is 16.3 Å². The highest BCUT2D eigenvalue weighted by atomic mass is 35.5. The van der Waals surface area contributed by atoms with Gasteiger partial charge in [0.05, 0.1) is 24.2 Å². The van der Waals surface area contributed by atoms with Gasteiger partial charge in [0.1, 0.15) is 5.75 Å².